The van der Waals surface area contributed by atoms with Crippen LogP contribution in [0.25, 0.3) is 11.0 Å². The average Bonchev–Trinajstić information content (AvgIpc) is 3.26. The minimum Gasteiger partial charge on any atom is -0.461 e. The monoisotopic (exact) mass is 355 g/mol. The number of hydrogen-bond acceptors (Lipinski definition) is 4. The van der Waals surface area contributed by atoms with Crippen LogP contribution in [0.2, 0.25) is 0 Å². The second-order valence-electron chi connectivity index (χ2n) is 8.01. The van der Waals surface area contributed by atoms with Crippen molar-refractivity contribution in [1.82, 2.24) is 15.1 Å². The van der Waals surface area contributed by atoms with Gasteiger partial charge in [0.05, 0.1) is 0 Å². The van der Waals surface area contributed by atoms with Crippen molar-refractivity contribution in [3.63, 3.8) is 0 Å². The molecule has 0 bridgehead atoms. The third-order valence-electron chi connectivity index (χ3n) is 6.19. The van der Waals surface area contributed by atoms with Gasteiger partial charge in [0, 0.05) is 49.2 Å². The van der Waals surface area contributed by atoms with E-state index in [4.69, 9.17) is 4.42 Å². The van der Waals surface area contributed by atoms with E-state index in [9.17, 15) is 4.79 Å². The number of piperazine rings is 1. The van der Waals surface area contributed by atoms with E-state index in [0.29, 0.717) is 5.56 Å². The number of amides is 1. The predicted molar refractivity (Wildman–Crippen MR) is 104 cm³/mol. The Morgan fingerprint density at radius 1 is 1.15 bits per heavy atom. The lowest BCUT2D eigenvalue weighted by Crippen LogP contribution is -2.59. The lowest BCUT2D eigenvalue weighted by atomic mass is 9.93. The molecule has 2 heterocycles. The summed E-state index contributed by atoms with van der Waals surface area (Å²) in [7, 11) is 2.19. The molecule has 1 N–H and O–H groups in total. The first-order valence-electron chi connectivity index (χ1n) is 9.78. The van der Waals surface area contributed by atoms with E-state index in [2.05, 4.69) is 22.2 Å². The fourth-order valence-corrected chi connectivity index (χ4v) is 4.58. The largest absolute Gasteiger partial charge is 0.461 e. The molecule has 0 radical (unpaired) electrons. The van der Waals surface area contributed by atoms with E-state index < -0.39 is 0 Å². The highest BCUT2D eigenvalue weighted by Crippen LogP contribution is 2.35. The van der Waals surface area contributed by atoms with Gasteiger partial charge in [0.2, 0.25) is 0 Å². The van der Waals surface area contributed by atoms with Crippen LogP contribution in [0.1, 0.15) is 41.8 Å². The molecule has 1 aromatic carbocycles. The van der Waals surface area contributed by atoms with Crippen LogP contribution in [0.4, 0.5) is 0 Å². The van der Waals surface area contributed by atoms with Gasteiger partial charge in [0.1, 0.15) is 11.3 Å². The van der Waals surface area contributed by atoms with Crippen LogP contribution in [-0.4, -0.2) is 61.0 Å². The predicted octanol–water partition coefficient (Wildman–Crippen LogP) is 3.03. The molecule has 5 nitrogen and oxygen atoms in total. The van der Waals surface area contributed by atoms with Gasteiger partial charge in [-0.2, -0.15) is 0 Å². The van der Waals surface area contributed by atoms with Crippen LogP contribution >= 0.6 is 0 Å². The summed E-state index contributed by atoms with van der Waals surface area (Å²) >= 11 is 0. The number of fused-ring (bicyclic) bond motifs is 1. The first kappa shape index (κ1) is 17.6. The van der Waals surface area contributed by atoms with Crippen LogP contribution in [0.5, 0.6) is 0 Å². The summed E-state index contributed by atoms with van der Waals surface area (Å²) < 4.78 is 5.61. The highest BCUT2D eigenvalue weighted by Gasteiger charge is 2.40. The molecule has 1 amide bonds. The molecule has 2 fully saturated rings. The lowest BCUT2D eigenvalue weighted by Gasteiger charge is -2.45. The van der Waals surface area contributed by atoms with Gasteiger partial charge in [-0.3, -0.25) is 9.69 Å². The minimum atomic E-state index is 0.0196. The Kier molecular flexibility index (Phi) is 4.76. The highest BCUT2D eigenvalue weighted by atomic mass is 16.3. The van der Waals surface area contributed by atoms with Crippen molar-refractivity contribution in [3.05, 3.63) is 35.6 Å². The normalized spacial score (nSPS) is 21.3. The van der Waals surface area contributed by atoms with Gasteiger partial charge >= 0.3 is 0 Å². The molecular weight excluding hydrogens is 326 g/mol. The fraction of sp³-hybridized carbons (Fsp3) is 0.571. The summed E-state index contributed by atoms with van der Waals surface area (Å²) in [6, 6.07) is 7.66. The number of furan rings is 1. The van der Waals surface area contributed by atoms with Gasteiger partial charge in [-0.15, -0.1) is 0 Å². The molecule has 4 rings (SSSR count). The van der Waals surface area contributed by atoms with Crippen LogP contribution in [-0.2, 0) is 0 Å². The second-order valence-corrected chi connectivity index (χ2v) is 8.01. The molecule has 140 valence electrons. The Bertz CT molecular complexity index is 784. The van der Waals surface area contributed by atoms with Crippen molar-refractivity contribution in [1.29, 1.82) is 0 Å². The summed E-state index contributed by atoms with van der Waals surface area (Å²) in [6.45, 7) is 7.12. The molecule has 0 spiro atoms. The molecule has 1 saturated carbocycles. The van der Waals surface area contributed by atoms with Gasteiger partial charge in [-0.25, -0.2) is 0 Å². The van der Waals surface area contributed by atoms with E-state index in [0.717, 1.165) is 49.5 Å². The van der Waals surface area contributed by atoms with Gasteiger partial charge < -0.3 is 14.6 Å². The molecular formula is C21H29N3O2. The molecule has 1 aliphatic heterocycles. The van der Waals surface area contributed by atoms with Crippen LogP contribution < -0.4 is 5.32 Å². The van der Waals surface area contributed by atoms with Gasteiger partial charge in [-0.1, -0.05) is 12.8 Å². The zero-order valence-electron chi connectivity index (χ0n) is 15.9. The number of carbonyl (C=O) groups excluding carboxylic acids is 1. The second kappa shape index (κ2) is 7.05. The van der Waals surface area contributed by atoms with Crippen molar-refractivity contribution in [3.8, 4) is 0 Å². The number of rotatable bonds is 4. The quantitative estimate of drug-likeness (QED) is 0.916. The number of likely N-dealkylation sites (N-methyl/N-ethyl adjacent to an activating group) is 1. The molecule has 0 atom stereocenters. The van der Waals surface area contributed by atoms with Crippen LogP contribution in [0, 0.1) is 6.92 Å². The summed E-state index contributed by atoms with van der Waals surface area (Å²) in [5.41, 5.74) is 1.70. The number of aryl methyl sites for hydroxylation is 1. The summed E-state index contributed by atoms with van der Waals surface area (Å²) in [5, 5.41) is 4.23. The van der Waals surface area contributed by atoms with E-state index in [1.165, 1.54) is 25.7 Å². The Balaban J connectivity index is 1.45. The topological polar surface area (TPSA) is 48.7 Å². The van der Waals surface area contributed by atoms with E-state index in [-0.39, 0.29) is 11.4 Å². The average molecular weight is 355 g/mol. The molecule has 5 heteroatoms. The first-order valence-corrected chi connectivity index (χ1v) is 9.78. The van der Waals surface area contributed by atoms with E-state index in [1.807, 2.05) is 31.2 Å². The van der Waals surface area contributed by atoms with Gasteiger partial charge in [-0.05, 0) is 51.1 Å². The zero-order valence-corrected chi connectivity index (χ0v) is 15.9. The van der Waals surface area contributed by atoms with Gasteiger partial charge in [0.25, 0.3) is 5.91 Å². The van der Waals surface area contributed by atoms with Crippen molar-refractivity contribution in [2.24, 2.45) is 0 Å². The van der Waals surface area contributed by atoms with Gasteiger partial charge in [0.15, 0.2) is 0 Å². The van der Waals surface area contributed by atoms with Crippen LogP contribution in [0.15, 0.2) is 28.7 Å². The number of carbonyl (C=O) groups is 1. The third-order valence-corrected chi connectivity index (χ3v) is 6.19. The lowest BCUT2D eigenvalue weighted by molar-refractivity contribution is 0.0414. The van der Waals surface area contributed by atoms with Crippen molar-refractivity contribution < 1.29 is 9.21 Å². The summed E-state index contributed by atoms with van der Waals surface area (Å²) in [4.78, 5) is 17.8. The zero-order chi connectivity index (χ0) is 18.1. The SMILES string of the molecule is Cc1cc2cc(C(=O)NCC3(N4CCN(C)CC4)CCCC3)ccc2o1. The van der Waals surface area contributed by atoms with Crippen LogP contribution in [0.3, 0.4) is 0 Å². The molecule has 2 aliphatic rings. The highest BCUT2D eigenvalue weighted by molar-refractivity contribution is 5.97. The Labute approximate surface area is 155 Å². The maximum absolute atomic E-state index is 12.8. The molecule has 26 heavy (non-hydrogen) atoms. The standard InChI is InChI=1S/C21H29N3O2/c1-16-13-18-14-17(5-6-19(18)26-16)20(25)22-15-21(7-3-4-8-21)24-11-9-23(2)10-12-24/h5-6,13-14H,3-4,7-12,15H2,1-2H3,(H,22,25). The molecule has 2 aromatic rings. The smallest absolute Gasteiger partial charge is 0.251 e. The number of hydrogen-bond donors (Lipinski definition) is 1. The Morgan fingerprint density at radius 3 is 2.62 bits per heavy atom. The first-order chi connectivity index (χ1) is 12.6. The minimum absolute atomic E-state index is 0.0196. The van der Waals surface area contributed by atoms with E-state index >= 15 is 0 Å². The molecule has 1 saturated heterocycles. The Hall–Kier alpha value is -1.85. The van der Waals surface area contributed by atoms with Crippen molar-refractivity contribution in [2.75, 3.05) is 39.8 Å². The maximum Gasteiger partial charge on any atom is 0.251 e. The molecule has 1 aliphatic carbocycles. The third kappa shape index (κ3) is 3.38. The summed E-state index contributed by atoms with van der Waals surface area (Å²) in [6.07, 6.45) is 4.92. The number of nitrogens with one attached hydrogen (secondary N) is 1. The summed E-state index contributed by atoms with van der Waals surface area (Å²) in [5.74, 6) is 0.892. The van der Waals surface area contributed by atoms with Crippen molar-refractivity contribution >= 4 is 16.9 Å². The number of benzene rings is 1. The Morgan fingerprint density at radius 2 is 1.88 bits per heavy atom. The number of nitrogens with zero attached hydrogens (tertiary/aromatic N) is 2. The van der Waals surface area contributed by atoms with Crippen molar-refractivity contribution in [2.45, 2.75) is 38.1 Å². The maximum atomic E-state index is 12.8. The van der Waals surface area contributed by atoms with E-state index in [1.54, 1.807) is 0 Å². The fourth-order valence-electron chi connectivity index (χ4n) is 4.58. The molecule has 0 unspecified atom stereocenters. The molecule has 1 aromatic heterocycles.